The van der Waals surface area contributed by atoms with Crippen molar-refractivity contribution in [3.05, 3.63) is 70.7 Å². The van der Waals surface area contributed by atoms with Gasteiger partial charge < -0.3 is 10.2 Å². The van der Waals surface area contributed by atoms with E-state index in [-0.39, 0.29) is 18.2 Å². The molecule has 0 radical (unpaired) electrons. The van der Waals surface area contributed by atoms with Gasteiger partial charge in [-0.2, -0.15) is 0 Å². The van der Waals surface area contributed by atoms with Gasteiger partial charge in [0.2, 0.25) is 11.8 Å². The van der Waals surface area contributed by atoms with E-state index >= 15 is 0 Å². The lowest BCUT2D eigenvalue weighted by Crippen LogP contribution is -2.51. The molecule has 0 fully saturated rings. The van der Waals surface area contributed by atoms with Gasteiger partial charge in [-0.05, 0) is 36.0 Å². The van der Waals surface area contributed by atoms with E-state index in [9.17, 15) is 9.59 Å². The maximum Gasteiger partial charge on any atom is 0.242 e. The second-order valence-corrected chi connectivity index (χ2v) is 8.06. The van der Waals surface area contributed by atoms with Gasteiger partial charge in [0.1, 0.15) is 6.04 Å². The summed E-state index contributed by atoms with van der Waals surface area (Å²) >= 11 is 6.26. The topological polar surface area (TPSA) is 49.4 Å². The van der Waals surface area contributed by atoms with E-state index in [1.165, 1.54) is 0 Å². The van der Waals surface area contributed by atoms with Crippen LogP contribution in [0.5, 0.6) is 0 Å². The first kappa shape index (κ1) is 23.0. The van der Waals surface area contributed by atoms with Crippen molar-refractivity contribution in [3.63, 3.8) is 0 Å². The summed E-state index contributed by atoms with van der Waals surface area (Å²) in [7, 11) is 0. The van der Waals surface area contributed by atoms with Crippen molar-refractivity contribution in [1.82, 2.24) is 10.2 Å². The van der Waals surface area contributed by atoms with Crippen molar-refractivity contribution in [3.8, 4) is 0 Å². The Hall–Kier alpha value is -2.33. The monoisotopic (exact) mass is 414 g/mol. The van der Waals surface area contributed by atoms with Crippen LogP contribution < -0.4 is 5.32 Å². The van der Waals surface area contributed by atoms with E-state index in [2.05, 4.69) is 19.2 Å². The van der Waals surface area contributed by atoms with Gasteiger partial charge >= 0.3 is 0 Å². The third-order valence-electron chi connectivity index (χ3n) is 4.85. The fourth-order valence-electron chi connectivity index (χ4n) is 3.22. The standard InChI is InChI=1S/C24H31ClN2O2/c1-4-22(24(29)26-17-18(2)3)27(15-14-19-10-6-5-7-11-19)23(28)16-20-12-8-9-13-21(20)25/h5-13,18,22H,4,14-17H2,1-3H3,(H,26,29)/t22-/m0/s1. The molecule has 0 aromatic heterocycles. The molecule has 2 aromatic rings. The van der Waals surface area contributed by atoms with Gasteiger partial charge in [0, 0.05) is 18.1 Å². The lowest BCUT2D eigenvalue weighted by atomic mass is 10.1. The average molecular weight is 415 g/mol. The van der Waals surface area contributed by atoms with Crippen LogP contribution in [-0.2, 0) is 22.4 Å². The van der Waals surface area contributed by atoms with Gasteiger partial charge in [-0.3, -0.25) is 9.59 Å². The molecular formula is C24H31ClN2O2. The van der Waals surface area contributed by atoms with Gasteiger partial charge in [0.15, 0.2) is 0 Å². The summed E-state index contributed by atoms with van der Waals surface area (Å²) in [6, 6.07) is 16.9. The van der Waals surface area contributed by atoms with Crippen molar-refractivity contribution in [2.24, 2.45) is 5.92 Å². The van der Waals surface area contributed by atoms with Crippen LogP contribution in [0.2, 0.25) is 5.02 Å². The molecule has 0 bridgehead atoms. The second-order valence-electron chi connectivity index (χ2n) is 7.65. The maximum absolute atomic E-state index is 13.2. The quantitative estimate of drug-likeness (QED) is 0.622. The Morgan fingerprint density at radius 2 is 1.69 bits per heavy atom. The van der Waals surface area contributed by atoms with Crippen molar-refractivity contribution in [1.29, 1.82) is 0 Å². The minimum absolute atomic E-state index is 0.0828. The Bertz CT molecular complexity index is 792. The summed E-state index contributed by atoms with van der Waals surface area (Å²) in [4.78, 5) is 27.8. The maximum atomic E-state index is 13.2. The number of hydrogen-bond donors (Lipinski definition) is 1. The Labute approximate surface area is 179 Å². The van der Waals surface area contributed by atoms with E-state index in [0.717, 1.165) is 11.1 Å². The van der Waals surface area contributed by atoms with Crippen molar-refractivity contribution < 1.29 is 9.59 Å². The zero-order chi connectivity index (χ0) is 21.2. The molecule has 2 rings (SSSR count). The highest BCUT2D eigenvalue weighted by molar-refractivity contribution is 6.31. The molecule has 156 valence electrons. The summed E-state index contributed by atoms with van der Waals surface area (Å²) in [6.45, 7) is 7.13. The van der Waals surface area contributed by atoms with E-state index in [0.29, 0.717) is 36.9 Å². The molecule has 0 spiro atoms. The molecule has 0 unspecified atom stereocenters. The largest absolute Gasteiger partial charge is 0.354 e. The van der Waals surface area contributed by atoms with Crippen molar-refractivity contribution in [2.75, 3.05) is 13.1 Å². The minimum Gasteiger partial charge on any atom is -0.354 e. The molecule has 2 aromatic carbocycles. The number of halogens is 1. The van der Waals surface area contributed by atoms with Gasteiger partial charge in [0.25, 0.3) is 0 Å². The SMILES string of the molecule is CC[C@@H](C(=O)NCC(C)C)N(CCc1ccccc1)C(=O)Cc1ccccc1Cl. The molecule has 5 heteroatoms. The Balaban J connectivity index is 2.19. The molecule has 0 saturated heterocycles. The third kappa shape index (κ3) is 7.21. The van der Waals surface area contributed by atoms with Crippen LogP contribution in [0.25, 0.3) is 0 Å². The van der Waals surface area contributed by atoms with Gasteiger partial charge in [0.05, 0.1) is 6.42 Å². The third-order valence-corrected chi connectivity index (χ3v) is 5.22. The fraction of sp³-hybridized carbons (Fsp3) is 0.417. The summed E-state index contributed by atoms with van der Waals surface area (Å²) in [5.74, 6) is 0.176. The Morgan fingerprint density at radius 3 is 2.31 bits per heavy atom. The molecule has 0 aliphatic carbocycles. The van der Waals surface area contributed by atoms with E-state index in [1.54, 1.807) is 11.0 Å². The molecule has 29 heavy (non-hydrogen) atoms. The van der Waals surface area contributed by atoms with Crippen molar-refractivity contribution in [2.45, 2.75) is 46.1 Å². The van der Waals surface area contributed by atoms with Gasteiger partial charge in [-0.15, -0.1) is 0 Å². The van der Waals surface area contributed by atoms with Crippen LogP contribution in [0.4, 0.5) is 0 Å². The number of benzene rings is 2. The lowest BCUT2D eigenvalue weighted by molar-refractivity contribution is -0.140. The molecule has 0 saturated carbocycles. The molecular weight excluding hydrogens is 384 g/mol. The smallest absolute Gasteiger partial charge is 0.242 e. The van der Waals surface area contributed by atoms with E-state index < -0.39 is 6.04 Å². The zero-order valence-electron chi connectivity index (χ0n) is 17.5. The predicted molar refractivity (Wildman–Crippen MR) is 119 cm³/mol. The first-order chi connectivity index (χ1) is 13.9. The van der Waals surface area contributed by atoms with E-state index in [4.69, 9.17) is 11.6 Å². The first-order valence-electron chi connectivity index (χ1n) is 10.3. The van der Waals surface area contributed by atoms with Crippen LogP contribution in [-0.4, -0.2) is 35.8 Å². The molecule has 4 nitrogen and oxygen atoms in total. The number of carbonyl (C=O) groups excluding carboxylic acids is 2. The zero-order valence-corrected chi connectivity index (χ0v) is 18.3. The highest BCUT2D eigenvalue weighted by Gasteiger charge is 2.28. The van der Waals surface area contributed by atoms with Gasteiger partial charge in [-0.25, -0.2) is 0 Å². The molecule has 2 amide bonds. The lowest BCUT2D eigenvalue weighted by Gasteiger charge is -2.31. The summed E-state index contributed by atoms with van der Waals surface area (Å²) in [6.07, 6.45) is 1.44. The summed E-state index contributed by atoms with van der Waals surface area (Å²) < 4.78 is 0. The molecule has 0 aliphatic heterocycles. The highest BCUT2D eigenvalue weighted by Crippen LogP contribution is 2.18. The Kier molecular flexibility index (Phi) is 9.20. The minimum atomic E-state index is -0.493. The van der Waals surface area contributed by atoms with Crippen LogP contribution in [0, 0.1) is 5.92 Å². The van der Waals surface area contributed by atoms with Crippen LogP contribution in [0.3, 0.4) is 0 Å². The molecule has 0 heterocycles. The number of nitrogens with one attached hydrogen (secondary N) is 1. The normalized spacial score (nSPS) is 11.9. The van der Waals surface area contributed by atoms with Crippen LogP contribution in [0.15, 0.2) is 54.6 Å². The molecule has 1 N–H and O–H groups in total. The fourth-order valence-corrected chi connectivity index (χ4v) is 3.43. The number of nitrogens with zero attached hydrogens (tertiary/aromatic N) is 1. The first-order valence-corrected chi connectivity index (χ1v) is 10.6. The molecule has 0 aliphatic rings. The molecule has 1 atom stereocenters. The number of amides is 2. The number of carbonyl (C=O) groups is 2. The summed E-state index contributed by atoms with van der Waals surface area (Å²) in [5, 5.41) is 3.55. The van der Waals surface area contributed by atoms with Gasteiger partial charge in [-0.1, -0.05) is 80.9 Å². The number of hydrogen-bond acceptors (Lipinski definition) is 2. The number of rotatable bonds is 10. The summed E-state index contributed by atoms with van der Waals surface area (Å²) in [5.41, 5.74) is 1.92. The van der Waals surface area contributed by atoms with Crippen molar-refractivity contribution >= 4 is 23.4 Å². The van der Waals surface area contributed by atoms with E-state index in [1.807, 2.05) is 55.5 Å². The Morgan fingerprint density at radius 1 is 1.03 bits per heavy atom. The van der Waals surface area contributed by atoms with Crippen LogP contribution >= 0.6 is 11.6 Å². The average Bonchev–Trinajstić information content (AvgIpc) is 2.71. The highest BCUT2D eigenvalue weighted by atomic mass is 35.5. The second kappa shape index (κ2) is 11.6. The van der Waals surface area contributed by atoms with Crippen LogP contribution in [0.1, 0.15) is 38.3 Å². The predicted octanol–water partition coefficient (Wildman–Crippen LogP) is 4.50.